The average molecular weight is 224 g/mol. The second kappa shape index (κ2) is 5.70. The van der Waals surface area contributed by atoms with Gasteiger partial charge in [-0.3, -0.25) is 4.90 Å². The molecule has 0 aromatic rings. The van der Waals surface area contributed by atoms with Crippen molar-refractivity contribution in [1.82, 2.24) is 10.2 Å². The molecule has 1 N–H and O–H groups in total. The Morgan fingerprint density at radius 2 is 2.13 bits per heavy atom. The Kier molecular flexibility index (Phi) is 4.86. The first-order chi connectivity index (χ1) is 7.01. The summed E-state index contributed by atoms with van der Waals surface area (Å²) < 4.78 is 36.6. The standard InChI is InChI=1S/C10H19F3N2/c1-2-15(8-10(11,12)13)7-9-4-3-5-14-6-9/h9,14H,2-8H2,1H3. The van der Waals surface area contributed by atoms with Crippen LogP contribution in [0, 0.1) is 5.92 Å². The third-order valence-electron chi connectivity index (χ3n) is 2.77. The highest BCUT2D eigenvalue weighted by Crippen LogP contribution is 2.18. The molecule has 1 aliphatic heterocycles. The van der Waals surface area contributed by atoms with Crippen molar-refractivity contribution in [2.75, 3.05) is 32.7 Å². The van der Waals surface area contributed by atoms with Crippen molar-refractivity contribution in [1.29, 1.82) is 0 Å². The monoisotopic (exact) mass is 224 g/mol. The number of hydrogen-bond donors (Lipinski definition) is 1. The van der Waals surface area contributed by atoms with E-state index < -0.39 is 12.7 Å². The summed E-state index contributed by atoms with van der Waals surface area (Å²) in [4.78, 5) is 1.48. The van der Waals surface area contributed by atoms with Crippen LogP contribution in [0.2, 0.25) is 0 Å². The van der Waals surface area contributed by atoms with Crippen LogP contribution >= 0.6 is 0 Å². The normalized spacial score (nSPS) is 23.4. The lowest BCUT2D eigenvalue weighted by Crippen LogP contribution is -2.41. The van der Waals surface area contributed by atoms with Gasteiger partial charge in [-0.1, -0.05) is 6.92 Å². The van der Waals surface area contributed by atoms with Crippen molar-refractivity contribution in [3.8, 4) is 0 Å². The molecular formula is C10H19F3N2. The number of halogens is 3. The minimum atomic E-state index is -4.07. The van der Waals surface area contributed by atoms with Gasteiger partial charge < -0.3 is 5.32 Å². The molecule has 1 aliphatic rings. The van der Waals surface area contributed by atoms with Crippen LogP contribution in [0.25, 0.3) is 0 Å². The van der Waals surface area contributed by atoms with Crippen molar-refractivity contribution in [2.45, 2.75) is 25.9 Å². The zero-order chi connectivity index (χ0) is 11.3. The van der Waals surface area contributed by atoms with E-state index in [1.165, 1.54) is 4.90 Å². The Bertz CT molecular complexity index is 176. The molecule has 0 aromatic carbocycles. The van der Waals surface area contributed by atoms with Gasteiger partial charge >= 0.3 is 6.18 Å². The van der Waals surface area contributed by atoms with Crippen LogP contribution < -0.4 is 5.32 Å². The van der Waals surface area contributed by atoms with E-state index in [1.54, 1.807) is 6.92 Å². The molecule has 1 unspecified atom stereocenters. The van der Waals surface area contributed by atoms with Gasteiger partial charge in [0.2, 0.25) is 0 Å². The number of rotatable bonds is 4. The summed E-state index contributed by atoms with van der Waals surface area (Å²) in [6.07, 6.45) is -1.95. The number of nitrogens with one attached hydrogen (secondary N) is 1. The van der Waals surface area contributed by atoms with Crippen LogP contribution in [-0.2, 0) is 0 Å². The summed E-state index contributed by atoms with van der Waals surface area (Å²) in [6, 6.07) is 0. The summed E-state index contributed by atoms with van der Waals surface area (Å²) in [7, 11) is 0. The van der Waals surface area contributed by atoms with Crippen LogP contribution in [0.3, 0.4) is 0 Å². The van der Waals surface area contributed by atoms with E-state index in [4.69, 9.17) is 0 Å². The van der Waals surface area contributed by atoms with E-state index in [0.717, 1.165) is 25.9 Å². The molecule has 0 saturated carbocycles. The van der Waals surface area contributed by atoms with Gasteiger partial charge in [-0.15, -0.1) is 0 Å². The summed E-state index contributed by atoms with van der Waals surface area (Å²) in [6.45, 7) is 3.89. The molecule has 0 bridgehead atoms. The fraction of sp³-hybridized carbons (Fsp3) is 1.00. The van der Waals surface area contributed by atoms with E-state index in [9.17, 15) is 13.2 Å². The Hall–Kier alpha value is -0.290. The van der Waals surface area contributed by atoms with Gasteiger partial charge in [0, 0.05) is 6.54 Å². The van der Waals surface area contributed by atoms with Crippen molar-refractivity contribution in [2.24, 2.45) is 5.92 Å². The van der Waals surface area contributed by atoms with Crippen LogP contribution in [0.5, 0.6) is 0 Å². The second-order valence-electron chi connectivity index (χ2n) is 4.16. The SMILES string of the molecule is CCN(CC1CCCNC1)CC(F)(F)F. The third-order valence-corrected chi connectivity index (χ3v) is 2.77. The van der Waals surface area contributed by atoms with E-state index in [1.807, 2.05) is 0 Å². The molecular weight excluding hydrogens is 205 g/mol. The lowest BCUT2D eigenvalue weighted by Gasteiger charge is -2.29. The lowest BCUT2D eigenvalue weighted by molar-refractivity contribution is -0.146. The first-order valence-corrected chi connectivity index (χ1v) is 5.51. The van der Waals surface area contributed by atoms with E-state index >= 15 is 0 Å². The van der Waals surface area contributed by atoms with Gasteiger partial charge in [0.25, 0.3) is 0 Å². The first kappa shape index (κ1) is 12.8. The molecule has 1 saturated heterocycles. The maximum Gasteiger partial charge on any atom is 0.401 e. The molecule has 1 fully saturated rings. The predicted octanol–water partition coefficient (Wildman–Crippen LogP) is 1.87. The van der Waals surface area contributed by atoms with Gasteiger partial charge in [0.1, 0.15) is 0 Å². The number of alkyl halides is 3. The molecule has 5 heteroatoms. The number of piperidine rings is 1. The topological polar surface area (TPSA) is 15.3 Å². The highest BCUT2D eigenvalue weighted by atomic mass is 19.4. The lowest BCUT2D eigenvalue weighted by atomic mass is 9.99. The Labute approximate surface area is 88.8 Å². The van der Waals surface area contributed by atoms with Crippen LogP contribution in [0.1, 0.15) is 19.8 Å². The zero-order valence-corrected chi connectivity index (χ0v) is 9.11. The van der Waals surface area contributed by atoms with Gasteiger partial charge in [0.15, 0.2) is 0 Å². The molecule has 1 heterocycles. The molecule has 90 valence electrons. The summed E-state index contributed by atoms with van der Waals surface area (Å²) in [5, 5.41) is 3.22. The fourth-order valence-corrected chi connectivity index (χ4v) is 2.00. The highest BCUT2D eigenvalue weighted by Gasteiger charge is 2.31. The maximum atomic E-state index is 12.2. The summed E-state index contributed by atoms with van der Waals surface area (Å²) in [5.74, 6) is 0.376. The van der Waals surface area contributed by atoms with Crippen LogP contribution in [-0.4, -0.2) is 43.8 Å². The molecule has 15 heavy (non-hydrogen) atoms. The first-order valence-electron chi connectivity index (χ1n) is 5.51. The minimum absolute atomic E-state index is 0.376. The summed E-state index contributed by atoms with van der Waals surface area (Å²) in [5.41, 5.74) is 0. The molecule has 0 amide bonds. The number of nitrogens with zero attached hydrogens (tertiary/aromatic N) is 1. The van der Waals surface area contributed by atoms with Gasteiger partial charge in [-0.25, -0.2) is 0 Å². The fourth-order valence-electron chi connectivity index (χ4n) is 2.00. The largest absolute Gasteiger partial charge is 0.401 e. The molecule has 0 radical (unpaired) electrons. The smallest absolute Gasteiger partial charge is 0.316 e. The highest BCUT2D eigenvalue weighted by molar-refractivity contribution is 4.73. The van der Waals surface area contributed by atoms with Gasteiger partial charge in [-0.05, 0) is 38.4 Å². The van der Waals surface area contributed by atoms with Gasteiger partial charge in [0.05, 0.1) is 6.54 Å². The van der Waals surface area contributed by atoms with E-state index in [2.05, 4.69) is 5.32 Å². The van der Waals surface area contributed by atoms with Crippen molar-refractivity contribution in [3.05, 3.63) is 0 Å². The average Bonchev–Trinajstić information content (AvgIpc) is 2.16. The molecule has 0 aliphatic carbocycles. The Morgan fingerprint density at radius 1 is 1.40 bits per heavy atom. The molecule has 1 rings (SSSR count). The number of hydrogen-bond acceptors (Lipinski definition) is 2. The van der Waals surface area contributed by atoms with Crippen molar-refractivity contribution in [3.63, 3.8) is 0 Å². The second-order valence-corrected chi connectivity index (χ2v) is 4.16. The Balaban J connectivity index is 2.31. The van der Waals surface area contributed by atoms with Gasteiger partial charge in [-0.2, -0.15) is 13.2 Å². The quantitative estimate of drug-likeness (QED) is 0.784. The van der Waals surface area contributed by atoms with Crippen LogP contribution in [0.15, 0.2) is 0 Å². The third kappa shape index (κ3) is 5.37. The van der Waals surface area contributed by atoms with Crippen molar-refractivity contribution < 1.29 is 13.2 Å². The minimum Gasteiger partial charge on any atom is -0.316 e. The van der Waals surface area contributed by atoms with Crippen molar-refractivity contribution >= 4 is 0 Å². The Morgan fingerprint density at radius 3 is 2.60 bits per heavy atom. The molecule has 2 nitrogen and oxygen atoms in total. The maximum absolute atomic E-state index is 12.2. The summed E-state index contributed by atoms with van der Waals surface area (Å²) >= 11 is 0. The zero-order valence-electron chi connectivity index (χ0n) is 9.11. The van der Waals surface area contributed by atoms with E-state index in [-0.39, 0.29) is 0 Å². The van der Waals surface area contributed by atoms with E-state index in [0.29, 0.717) is 19.0 Å². The molecule has 0 spiro atoms. The van der Waals surface area contributed by atoms with Crippen LogP contribution in [0.4, 0.5) is 13.2 Å². The molecule has 1 atom stereocenters. The molecule has 0 aromatic heterocycles. The predicted molar refractivity (Wildman–Crippen MR) is 53.8 cm³/mol.